The molecule has 3 heterocycles. The molecule has 0 spiro atoms. The lowest BCUT2D eigenvalue weighted by atomic mass is 9.90. The van der Waals surface area contributed by atoms with E-state index < -0.39 is 0 Å². The Balaban J connectivity index is 1.40. The van der Waals surface area contributed by atoms with Crippen molar-refractivity contribution in [2.24, 2.45) is 5.92 Å². The molecular weight excluding hydrogens is 367 g/mol. The first-order valence-corrected chi connectivity index (χ1v) is 10.0. The van der Waals surface area contributed by atoms with Crippen LogP contribution >= 0.6 is 0 Å². The van der Waals surface area contributed by atoms with E-state index in [4.69, 9.17) is 0 Å². The van der Waals surface area contributed by atoms with Gasteiger partial charge in [-0.05, 0) is 68.9 Å². The van der Waals surface area contributed by atoms with Gasteiger partial charge in [-0.2, -0.15) is 0 Å². The fraction of sp³-hybridized carbons (Fsp3) is 0.348. The minimum Gasteiger partial charge on any atom is -0.357 e. The molecule has 0 radical (unpaired) electrons. The first-order chi connectivity index (χ1) is 14.0. The van der Waals surface area contributed by atoms with Crippen LogP contribution in [0.1, 0.15) is 29.7 Å². The maximum atomic E-state index is 13.4. The number of piperidine rings is 1. The van der Waals surface area contributed by atoms with Gasteiger partial charge in [0.15, 0.2) is 0 Å². The number of benzene rings is 1. The Morgan fingerprint density at radius 2 is 1.97 bits per heavy atom. The lowest BCUT2D eigenvalue weighted by Crippen LogP contribution is -2.34. The van der Waals surface area contributed by atoms with Crippen LogP contribution in [0.2, 0.25) is 0 Å². The van der Waals surface area contributed by atoms with Gasteiger partial charge in [-0.3, -0.25) is 4.79 Å². The predicted molar refractivity (Wildman–Crippen MR) is 113 cm³/mol. The van der Waals surface area contributed by atoms with Crippen molar-refractivity contribution in [2.45, 2.75) is 33.1 Å². The Morgan fingerprint density at radius 3 is 2.62 bits per heavy atom. The standard InChI is InChI=1S/C23H25FN4O/c1-15-16(2)26-22(27-23(15)29)19-6-7-21(25-14-19)28-10-8-17(9-11-28)12-18-4-3-5-20(24)13-18/h3-7,13-14,17H,8-12H2,1-2H3,(H,26,27,29). The summed E-state index contributed by atoms with van der Waals surface area (Å²) >= 11 is 0. The number of nitrogens with one attached hydrogen (secondary N) is 1. The summed E-state index contributed by atoms with van der Waals surface area (Å²) in [5.41, 5.74) is 3.13. The van der Waals surface area contributed by atoms with Gasteiger partial charge in [0.25, 0.3) is 5.56 Å². The van der Waals surface area contributed by atoms with Crippen LogP contribution in [0.25, 0.3) is 11.4 Å². The van der Waals surface area contributed by atoms with E-state index in [0.717, 1.165) is 55.0 Å². The number of hydrogen-bond donors (Lipinski definition) is 1. The Morgan fingerprint density at radius 1 is 1.17 bits per heavy atom. The summed E-state index contributed by atoms with van der Waals surface area (Å²) in [7, 11) is 0. The molecule has 1 aliphatic heterocycles. The molecule has 1 aromatic carbocycles. The zero-order chi connectivity index (χ0) is 20.4. The lowest BCUT2D eigenvalue weighted by molar-refractivity contribution is 0.401. The van der Waals surface area contributed by atoms with E-state index in [1.54, 1.807) is 25.3 Å². The van der Waals surface area contributed by atoms with Crippen molar-refractivity contribution >= 4 is 5.82 Å². The van der Waals surface area contributed by atoms with Gasteiger partial charge in [-0.15, -0.1) is 0 Å². The molecule has 6 heteroatoms. The van der Waals surface area contributed by atoms with Crippen molar-refractivity contribution in [1.29, 1.82) is 0 Å². The van der Waals surface area contributed by atoms with Crippen molar-refractivity contribution in [1.82, 2.24) is 15.0 Å². The Hall–Kier alpha value is -3.02. The molecule has 3 aromatic rings. The molecule has 0 atom stereocenters. The molecule has 0 saturated carbocycles. The fourth-order valence-corrected chi connectivity index (χ4v) is 3.86. The van der Waals surface area contributed by atoms with Gasteiger partial charge < -0.3 is 9.88 Å². The Kier molecular flexibility index (Phi) is 5.43. The second-order valence-corrected chi connectivity index (χ2v) is 7.79. The van der Waals surface area contributed by atoms with E-state index in [0.29, 0.717) is 17.3 Å². The van der Waals surface area contributed by atoms with Gasteiger partial charge in [0, 0.05) is 36.1 Å². The molecule has 150 valence electrons. The summed E-state index contributed by atoms with van der Waals surface area (Å²) < 4.78 is 13.4. The van der Waals surface area contributed by atoms with Crippen LogP contribution in [-0.2, 0) is 6.42 Å². The fourth-order valence-electron chi connectivity index (χ4n) is 3.86. The van der Waals surface area contributed by atoms with Crippen molar-refractivity contribution in [3.05, 3.63) is 75.6 Å². The monoisotopic (exact) mass is 392 g/mol. The number of aromatic amines is 1. The zero-order valence-corrected chi connectivity index (χ0v) is 16.8. The summed E-state index contributed by atoms with van der Waals surface area (Å²) in [4.78, 5) is 26.1. The van der Waals surface area contributed by atoms with Crippen molar-refractivity contribution < 1.29 is 4.39 Å². The van der Waals surface area contributed by atoms with Gasteiger partial charge in [-0.1, -0.05) is 12.1 Å². The van der Waals surface area contributed by atoms with E-state index in [2.05, 4.69) is 19.9 Å². The van der Waals surface area contributed by atoms with Crippen LogP contribution in [-0.4, -0.2) is 28.0 Å². The molecule has 5 nitrogen and oxygen atoms in total. The molecule has 29 heavy (non-hydrogen) atoms. The summed E-state index contributed by atoms with van der Waals surface area (Å²) in [5, 5.41) is 0. The minimum atomic E-state index is -0.163. The number of aromatic nitrogens is 3. The first-order valence-electron chi connectivity index (χ1n) is 10.0. The maximum Gasteiger partial charge on any atom is 0.254 e. The second kappa shape index (κ2) is 8.15. The summed E-state index contributed by atoms with van der Waals surface area (Å²) in [6.45, 7) is 5.48. The van der Waals surface area contributed by atoms with E-state index in [1.807, 2.05) is 25.1 Å². The first kappa shape index (κ1) is 19.3. The topological polar surface area (TPSA) is 61.9 Å². The van der Waals surface area contributed by atoms with Crippen molar-refractivity contribution in [2.75, 3.05) is 18.0 Å². The SMILES string of the molecule is Cc1nc(-c2ccc(N3CCC(Cc4cccc(F)c4)CC3)nc2)[nH]c(=O)c1C. The molecule has 1 fully saturated rings. The Labute approximate surface area is 169 Å². The van der Waals surface area contributed by atoms with Gasteiger partial charge in [0.2, 0.25) is 0 Å². The van der Waals surface area contributed by atoms with Gasteiger partial charge >= 0.3 is 0 Å². The second-order valence-electron chi connectivity index (χ2n) is 7.79. The highest BCUT2D eigenvalue weighted by atomic mass is 19.1. The van der Waals surface area contributed by atoms with E-state index in [9.17, 15) is 9.18 Å². The largest absolute Gasteiger partial charge is 0.357 e. The van der Waals surface area contributed by atoms with Crippen LogP contribution in [0.4, 0.5) is 10.2 Å². The molecule has 0 amide bonds. The van der Waals surface area contributed by atoms with Crippen LogP contribution in [0.5, 0.6) is 0 Å². The number of rotatable bonds is 4. The summed E-state index contributed by atoms with van der Waals surface area (Å²) in [5.74, 6) is 1.89. The van der Waals surface area contributed by atoms with Crippen LogP contribution < -0.4 is 10.5 Å². The molecule has 2 aromatic heterocycles. The number of aryl methyl sites for hydroxylation is 1. The van der Waals surface area contributed by atoms with E-state index in [1.165, 1.54) is 6.07 Å². The number of H-pyrrole nitrogens is 1. The number of anilines is 1. The summed E-state index contributed by atoms with van der Waals surface area (Å²) in [6, 6.07) is 10.8. The van der Waals surface area contributed by atoms with Crippen LogP contribution in [0.3, 0.4) is 0 Å². The predicted octanol–water partition coefficient (Wildman–Crippen LogP) is 4.05. The molecule has 1 aliphatic rings. The smallest absolute Gasteiger partial charge is 0.254 e. The third kappa shape index (κ3) is 4.36. The number of hydrogen-bond acceptors (Lipinski definition) is 4. The van der Waals surface area contributed by atoms with Gasteiger partial charge in [0.1, 0.15) is 17.5 Å². The highest BCUT2D eigenvalue weighted by molar-refractivity contribution is 5.56. The molecule has 1 saturated heterocycles. The molecule has 0 bridgehead atoms. The summed E-state index contributed by atoms with van der Waals surface area (Å²) in [6.07, 6.45) is 4.81. The lowest BCUT2D eigenvalue weighted by Gasteiger charge is -2.33. The average molecular weight is 392 g/mol. The molecule has 4 rings (SSSR count). The number of nitrogens with zero attached hydrogens (tertiary/aromatic N) is 3. The quantitative estimate of drug-likeness (QED) is 0.728. The number of halogens is 1. The molecule has 0 unspecified atom stereocenters. The van der Waals surface area contributed by atoms with E-state index in [-0.39, 0.29) is 11.4 Å². The molecule has 0 aliphatic carbocycles. The third-order valence-electron chi connectivity index (χ3n) is 5.77. The highest BCUT2D eigenvalue weighted by Crippen LogP contribution is 2.26. The van der Waals surface area contributed by atoms with Crippen LogP contribution in [0, 0.1) is 25.6 Å². The maximum absolute atomic E-state index is 13.4. The molecular formula is C23H25FN4O. The van der Waals surface area contributed by atoms with E-state index >= 15 is 0 Å². The van der Waals surface area contributed by atoms with Crippen molar-refractivity contribution in [3.8, 4) is 11.4 Å². The van der Waals surface area contributed by atoms with Gasteiger partial charge in [0.05, 0.1) is 0 Å². The van der Waals surface area contributed by atoms with Crippen LogP contribution in [0.15, 0.2) is 47.4 Å². The molecule has 1 N–H and O–H groups in total. The Bertz CT molecular complexity index is 1050. The van der Waals surface area contributed by atoms with Crippen molar-refractivity contribution in [3.63, 3.8) is 0 Å². The minimum absolute atomic E-state index is 0.114. The zero-order valence-electron chi connectivity index (χ0n) is 16.8. The normalized spacial score (nSPS) is 14.9. The number of pyridine rings is 1. The highest BCUT2D eigenvalue weighted by Gasteiger charge is 2.20. The average Bonchev–Trinajstić information content (AvgIpc) is 2.72. The van der Waals surface area contributed by atoms with Gasteiger partial charge in [-0.25, -0.2) is 14.4 Å². The third-order valence-corrected chi connectivity index (χ3v) is 5.77.